The average molecular weight is 290 g/mol. The van der Waals surface area contributed by atoms with E-state index < -0.39 is 0 Å². The molecule has 0 aromatic heterocycles. The van der Waals surface area contributed by atoms with E-state index in [1.165, 1.54) is 0 Å². The van der Waals surface area contributed by atoms with Gasteiger partial charge < -0.3 is 0 Å². The predicted octanol–water partition coefficient (Wildman–Crippen LogP) is 4.72. The van der Waals surface area contributed by atoms with Gasteiger partial charge in [-0.3, -0.25) is 4.79 Å². The first-order chi connectivity index (χ1) is 7.10. The van der Waals surface area contributed by atoms with Gasteiger partial charge in [0.15, 0.2) is 5.78 Å². The third-order valence-corrected chi connectivity index (χ3v) is 3.79. The minimum Gasteiger partial charge on any atom is -0.294 e. The largest absolute Gasteiger partial charge is 0.294 e. The van der Waals surface area contributed by atoms with Crippen molar-refractivity contribution in [3.63, 3.8) is 0 Å². The van der Waals surface area contributed by atoms with Crippen molar-refractivity contribution >= 4 is 33.3 Å². The normalized spacial score (nSPS) is 10.7. The topological polar surface area (TPSA) is 17.1 Å². The van der Waals surface area contributed by atoms with Crippen LogP contribution in [-0.2, 0) is 0 Å². The molecule has 0 N–H and O–H groups in total. The minimum absolute atomic E-state index is 0.113. The zero-order chi connectivity index (χ0) is 11.4. The summed E-state index contributed by atoms with van der Waals surface area (Å²) in [5.74, 6) is 0.302. The summed E-state index contributed by atoms with van der Waals surface area (Å²) in [5.41, 5.74) is 0.705. The van der Waals surface area contributed by atoms with Crippen LogP contribution in [0.4, 0.5) is 0 Å². The molecule has 1 nitrogen and oxygen atoms in total. The maximum absolute atomic E-state index is 12.0. The molecule has 0 spiro atoms. The van der Waals surface area contributed by atoms with Gasteiger partial charge in [-0.25, -0.2) is 0 Å². The monoisotopic (exact) mass is 288 g/mol. The minimum atomic E-state index is 0.113. The Balaban J connectivity index is 2.96. The first-order valence-electron chi connectivity index (χ1n) is 5.09. The predicted molar refractivity (Wildman–Crippen MR) is 67.6 cm³/mol. The van der Waals surface area contributed by atoms with Crippen LogP contribution in [0, 0.1) is 5.92 Å². The Labute approximate surface area is 104 Å². The highest BCUT2D eigenvalue weighted by Crippen LogP contribution is 2.25. The van der Waals surface area contributed by atoms with Crippen molar-refractivity contribution in [2.45, 2.75) is 26.7 Å². The van der Waals surface area contributed by atoms with Crippen LogP contribution in [-0.4, -0.2) is 5.78 Å². The van der Waals surface area contributed by atoms with E-state index in [0.717, 1.165) is 17.3 Å². The van der Waals surface area contributed by atoms with Gasteiger partial charge in [-0.15, -0.1) is 0 Å². The van der Waals surface area contributed by atoms with Crippen LogP contribution in [0.2, 0.25) is 5.02 Å². The summed E-state index contributed by atoms with van der Waals surface area (Å²) in [4.78, 5) is 12.0. The SMILES string of the molecule is CCC(CC)C(=O)c1ccc(Br)c(Cl)c1. The quantitative estimate of drug-likeness (QED) is 0.733. The van der Waals surface area contributed by atoms with Gasteiger partial charge in [-0.05, 0) is 40.9 Å². The van der Waals surface area contributed by atoms with E-state index in [4.69, 9.17) is 11.6 Å². The first-order valence-corrected chi connectivity index (χ1v) is 6.26. The highest BCUT2D eigenvalue weighted by atomic mass is 79.9. The molecule has 0 bridgehead atoms. The molecule has 3 heteroatoms. The maximum atomic E-state index is 12.0. The molecule has 15 heavy (non-hydrogen) atoms. The number of hydrogen-bond acceptors (Lipinski definition) is 1. The number of carbonyl (C=O) groups excluding carboxylic acids is 1. The van der Waals surface area contributed by atoms with Crippen LogP contribution in [0.5, 0.6) is 0 Å². The smallest absolute Gasteiger partial charge is 0.165 e. The molecule has 82 valence electrons. The maximum Gasteiger partial charge on any atom is 0.165 e. The molecule has 0 heterocycles. The summed E-state index contributed by atoms with van der Waals surface area (Å²) in [5, 5.41) is 0.590. The Morgan fingerprint density at radius 2 is 2.00 bits per heavy atom. The molecule has 0 unspecified atom stereocenters. The lowest BCUT2D eigenvalue weighted by atomic mass is 9.93. The van der Waals surface area contributed by atoms with E-state index in [-0.39, 0.29) is 11.7 Å². The Kier molecular flexibility index (Phi) is 4.81. The number of Topliss-reactive ketones (excluding diaryl/α,β-unsaturated/α-hetero) is 1. The zero-order valence-electron chi connectivity index (χ0n) is 8.89. The first kappa shape index (κ1) is 12.7. The molecule has 0 aliphatic heterocycles. The zero-order valence-corrected chi connectivity index (χ0v) is 11.2. The lowest BCUT2D eigenvalue weighted by Gasteiger charge is -2.11. The molecule has 1 rings (SSSR count). The number of halogens is 2. The van der Waals surface area contributed by atoms with Gasteiger partial charge >= 0.3 is 0 Å². The van der Waals surface area contributed by atoms with Crippen molar-refractivity contribution in [1.29, 1.82) is 0 Å². The standard InChI is InChI=1S/C12H14BrClO/c1-3-8(4-2)12(15)9-5-6-10(13)11(14)7-9/h5-8H,3-4H2,1-2H3. The molecule has 1 aromatic rings. The van der Waals surface area contributed by atoms with E-state index in [1.807, 2.05) is 26.0 Å². The van der Waals surface area contributed by atoms with Crippen molar-refractivity contribution < 1.29 is 4.79 Å². The Morgan fingerprint density at radius 1 is 1.40 bits per heavy atom. The van der Waals surface area contributed by atoms with Gasteiger partial charge in [-0.1, -0.05) is 31.5 Å². The Hall–Kier alpha value is -0.340. The van der Waals surface area contributed by atoms with Gasteiger partial charge in [0.1, 0.15) is 0 Å². The van der Waals surface area contributed by atoms with Crippen LogP contribution >= 0.6 is 27.5 Å². The van der Waals surface area contributed by atoms with Crippen LogP contribution < -0.4 is 0 Å². The summed E-state index contributed by atoms with van der Waals surface area (Å²) in [7, 11) is 0. The molecule has 0 amide bonds. The fourth-order valence-electron chi connectivity index (χ4n) is 1.54. The van der Waals surface area contributed by atoms with E-state index in [1.54, 1.807) is 6.07 Å². The Bertz CT molecular complexity index is 359. The highest BCUT2D eigenvalue weighted by molar-refractivity contribution is 9.10. The third kappa shape index (κ3) is 3.05. The van der Waals surface area contributed by atoms with Gasteiger partial charge in [-0.2, -0.15) is 0 Å². The number of carbonyl (C=O) groups is 1. The second-order valence-electron chi connectivity index (χ2n) is 3.51. The molecule has 0 aliphatic rings. The molecule has 0 fully saturated rings. The van der Waals surface area contributed by atoms with E-state index in [0.29, 0.717) is 10.6 Å². The number of benzene rings is 1. The van der Waals surface area contributed by atoms with Crippen molar-refractivity contribution in [1.82, 2.24) is 0 Å². The Morgan fingerprint density at radius 3 is 2.47 bits per heavy atom. The summed E-state index contributed by atoms with van der Waals surface area (Å²) < 4.78 is 0.824. The van der Waals surface area contributed by atoms with Crippen molar-refractivity contribution in [3.05, 3.63) is 33.3 Å². The fraction of sp³-hybridized carbons (Fsp3) is 0.417. The van der Waals surface area contributed by atoms with Crippen LogP contribution in [0.1, 0.15) is 37.0 Å². The van der Waals surface area contributed by atoms with Gasteiger partial charge in [0.25, 0.3) is 0 Å². The van der Waals surface area contributed by atoms with E-state index >= 15 is 0 Å². The second kappa shape index (κ2) is 5.66. The van der Waals surface area contributed by atoms with Crippen molar-refractivity contribution in [3.8, 4) is 0 Å². The van der Waals surface area contributed by atoms with Crippen LogP contribution in [0.25, 0.3) is 0 Å². The molecule has 0 saturated carbocycles. The molecule has 0 saturated heterocycles. The fourth-order valence-corrected chi connectivity index (χ4v) is 1.97. The van der Waals surface area contributed by atoms with Crippen LogP contribution in [0.15, 0.2) is 22.7 Å². The van der Waals surface area contributed by atoms with Crippen LogP contribution in [0.3, 0.4) is 0 Å². The number of hydrogen-bond donors (Lipinski definition) is 0. The van der Waals surface area contributed by atoms with Gasteiger partial charge in [0, 0.05) is 16.0 Å². The summed E-state index contributed by atoms with van der Waals surface area (Å²) >= 11 is 9.26. The second-order valence-corrected chi connectivity index (χ2v) is 4.77. The van der Waals surface area contributed by atoms with Gasteiger partial charge in [0.2, 0.25) is 0 Å². The molecular formula is C12H14BrClO. The average Bonchev–Trinajstić information content (AvgIpc) is 2.23. The molecule has 0 atom stereocenters. The van der Waals surface area contributed by atoms with Crippen molar-refractivity contribution in [2.75, 3.05) is 0 Å². The van der Waals surface area contributed by atoms with Gasteiger partial charge in [0.05, 0.1) is 5.02 Å². The highest BCUT2D eigenvalue weighted by Gasteiger charge is 2.16. The third-order valence-electron chi connectivity index (χ3n) is 2.56. The van der Waals surface area contributed by atoms with Crippen molar-refractivity contribution in [2.24, 2.45) is 5.92 Å². The number of ketones is 1. The number of rotatable bonds is 4. The lowest BCUT2D eigenvalue weighted by molar-refractivity contribution is 0.0913. The van der Waals surface area contributed by atoms with E-state index in [2.05, 4.69) is 15.9 Å². The lowest BCUT2D eigenvalue weighted by Crippen LogP contribution is -2.12. The molecule has 1 aromatic carbocycles. The summed E-state index contributed by atoms with van der Waals surface area (Å²) in [6.45, 7) is 4.07. The van der Waals surface area contributed by atoms with E-state index in [9.17, 15) is 4.79 Å². The molecule has 0 aliphatic carbocycles. The summed E-state index contributed by atoms with van der Waals surface area (Å²) in [6.07, 6.45) is 1.76. The molecular weight excluding hydrogens is 275 g/mol. The summed E-state index contributed by atoms with van der Waals surface area (Å²) in [6, 6.07) is 5.36. The molecule has 0 radical (unpaired) electrons.